The van der Waals surface area contributed by atoms with Gasteiger partial charge in [-0.15, -0.1) is 12.4 Å². The van der Waals surface area contributed by atoms with Crippen LogP contribution in [0.25, 0.3) is 0 Å². The predicted octanol–water partition coefficient (Wildman–Crippen LogP) is 3.84. The fourth-order valence-electron chi connectivity index (χ4n) is 4.76. The zero-order valence-corrected chi connectivity index (χ0v) is 17.6. The summed E-state index contributed by atoms with van der Waals surface area (Å²) in [6.07, 6.45) is 4.96. The van der Waals surface area contributed by atoms with Crippen LogP contribution in [-0.2, 0) is 4.79 Å². The van der Waals surface area contributed by atoms with Gasteiger partial charge in [0.1, 0.15) is 0 Å². The Kier molecular flexibility index (Phi) is 10.1. The Hall–Kier alpha value is -0.740. The summed E-state index contributed by atoms with van der Waals surface area (Å²) < 4.78 is 0. The van der Waals surface area contributed by atoms with Gasteiger partial charge in [-0.25, -0.2) is 0 Å². The van der Waals surface area contributed by atoms with Crippen LogP contribution in [0.5, 0.6) is 0 Å². The molecule has 1 aliphatic rings. The average Bonchev–Trinajstić information content (AvgIpc) is 2.45. The highest BCUT2D eigenvalue weighted by Crippen LogP contribution is 2.50. The summed E-state index contributed by atoms with van der Waals surface area (Å²) >= 11 is 0. The van der Waals surface area contributed by atoms with Gasteiger partial charge in [0.15, 0.2) is 0 Å². The van der Waals surface area contributed by atoms with Crippen LogP contribution in [0.4, 0.5) is 0 Å². The third-order valence-electron chi connectivity index (χ3n) is 5.71. The smallest absolute Gasteiger partial charge is 0.224 e. The Bertz CT molecular complexity index is 439. The van der Waals surface area contributed by atoms with Gasteiger partial charge in [-0.2, -0.15) is 0 Å². The maximum absolute atomic E-state index is 12.7. The van der Waals surface area contributed by atoms with Crippen molar-refractivity contribution in [2.24, 2.45) is 40.6 Å². The molecule has 1 amide bonds. The standard InChI is InChI=1S/C20H39N3O.ClH/c1-13(2)9-17(23-16(6)12-21)11-20(19(22)24)10-15(5)7-8-18(20)14(3)4;/h13-15,17-18,23H,6-12,21H2,1-5H3,(H2,22,24);1H/t15?,17-,18?,20?;/m0./s1. The Morgan fingerprint density at radius 2 is 1.88 bits per heavy atom. The highest BCUT2D eigenvalue weighted by Gasteiger charge is 2.49. The molecule has 0 radical (unpaired) electrons. The van der Waals surface area contributed by atoms with E-state index in [4.69, 9.17) is 11.5 Å². The molecule has 1 fully saturated rings. The van der Waals surface area contributed by atoms with Gasteiger partial charge in [0, 0.05) is 18.3 Å². The molecule has 1 saturated carbocycles. The number of primary amides is 1. The fraction of sp³-hybridized carbons (Fsp3) is 0.850. The maximum Gasteiger partial charge on any atom is 0.224 e. The molecule has 0 aromatic rings. The first-order valence-electron chi connectivity index (χ1n) is 9.56. The van der Waals surface area contributed by atoms with Gasteiger partial charge in [-0.05, 0) is 49.4 Å². The van der Waals surface area contributed by atoms with Crippen LogP contribution in [0.1, 0.15) is 66.7 Å². The van der Waals surface area contributed by atoms with Crippen molar-refractivity contribution in [3.05, 3.63) is 12.3 Å². The average molecular weight is 374 g/mol. The summed E-state index contributed by atoms with van der Waals surface area (Å²) in [7, 11) is 0. The zero-order valence-electron chi connectivity index (χ0n) is 16.8. The van der Waals surface area contributed by atoms with Crippen LogP contribution in [0, 0.1) is 29.1 Å². The van der Waals surface area contributed by atoms with Crippen LogP contribution < -0.4 is 16.8 Å². The first-order valence-corrected chi connectivity index (χ1v) is 9.56. The number of hydrogen-bond acceptors (Lipinski definition) is 3. The first kappa shape index (κ1) is 24.3. The molecule has 1 rings (SSSR count). The van der Waals surface area contributed by atoms with E-state index in [1.807, 2.05) is 0 Å². The van der Waals surface area contributed by atoms with Gasteiger partial charge in [0.05, 0.1) is 5.41 Å². The quantitative estimate of drug-likeness (QED) is 0.574. The molecule has 148 valence electrons. The van der Waals surface area contributed by atoms with Gasteiger partial charge >= 0.3 is 0 Å². The topological polar surface area (TPSA) is 81.1 Å². The molecule has 0 bridgehead atoms. The summed E-state index contributed by atoms with van der Waals surface area (Å²) in [6.45, 7) is 15.5. The largest absolute Gasteiger partial charge is 0.385 e. The minimum absolute atomic E-state index is 0. The molecule has 5 N–H and O–H groups in total. The second-order valence-corrected chi connectivity index (χ2v) is 8.74. The minimum atomic E-state index is -0.423. The summed E-state index contributed by atoms with van der Waals surface area (Å²) in [5.41, 5.74) is 12.2. The van der Waals surface area contributed by atoms with Gasteiger partial charge in [0.2, 0.25) is 5.91 Å². The third-order valence-corrected chi connectivity index (χ3v) is 5.71. The molecule has 3 unspecified atom stereocenters. The molecule has 25 heavy (non-hydrogen) atoms. The fourth-order valence-corrected chi connectivity index (χ4v) is 4.76. The third kappa shape index (κ3) is 6.49. The highest BCUT2D eigenvalue weighted by atomic mass is 35.5. The SMILES string of the molecule is C=C(CN)N[C@@H](CC(C)C)CC1(C(N)=O)CC(C)CCC1C(C)C.Cl. The second-order valence-electron chi connectivity index (χ2n) is 8.74. The van der Waals surface area contributed by atoms with E-state index in [1.54, 1.807) is 0 Å². The molecular weight excluding hydrogens is 334 g/mol. The first-order chi connectivity index (χ1) is 11.1. The van der Waals surface area contributed by atoms with Crippen molar-refractivity contribution < 1.29 is 4.79 Å². The van der Waals surface area contributed by atoms with Crippen LogP contribution in [0.2, 0.25) is 0 Å². The number of amides is 1. The van der Waals surface area contributed by atoms with E-state index in [0.29, 0.717) is 30.2 Å². The minimum Gasteiger partial charge on any atom is -0.385 e. The summed E-state index contributed by atoms with van der Waals surface area (Å²) in [5, 5.41) is 3.47. The lowest BCUT2D eigenvalue weighted by molar-refractivity contribution is -0.137. The molecule has 0 spiro atoms. The van der Waals surface area contributed by atoms with Gasteiger partial charge < -0.3 is 16.8 Å². The molecule has 1 aliphatic carbocycles. The molecule has 5 heteroatoms. The van der Waals surface area contributed by atoms with Crippen LogP contribution in [-0.4, -0.2) is 18.5 Å². The number of hydrogen-bond donors (Lipinski definition) is 3. The van der Waals surface area contributed by atoms with E-state index in [9.17, 15) is 4.79 Å². The van der Waals surface area contributed by atoms with Crippen molar-refractivity contribution >= 4 is 18.3 Å². The maximum atomic E-state index is 12.7. The van der Waals surface area contributed by atoms with Crippen LogP contribution >= 0.6 is 12.4 Å². The summed E-state index contributed by atoms with van der Waals surface area (Å²) in [6, 6.07) is 0.195. The van der Waals surface area contributed by atoms with Crippen molar-refractivity contribution in [3.8, 4) is 0 Å². The van der Waals surface area contributed by atoms with Gasteiger partial charge in [-0.3, -0.25) is 4.79 Å². The lowest BCUT2D eigenvalue weighted by atomic mass is 9.57. The lowest BCUT2D eigenvalue weighted by Crippen LogP contribution is -2.52. The van der Waals surface area contributed by atoms with Crippen molar-refractivity contribution in [1.29, 1.82) is 0 Å². The number of halogens is 1. The highest BCUT2D eigenvalue weighted by molar-refractivity contribution is 5.85. The predicted molar refractivity (Wildman–Crippen MR) is 109 cm³/mol. The Morgan fingerprint density at radius 3 is 2.32 bits per heavy atom. The molecular formula is C20H40ClN3O. The normalized spacial score (nSPS) is 27.7. The number of carbonyl (C=O) groups excluding carboxylic acids is 1. The molecule has 4 atom stereocenters. The van der Waals surface area contributed by atoms with E-state index >= 15 is 0 Å². The number of nitrogens with two attached hydrogens (primary N) is 2. The van der Waals surface area contributed by atoms with Gasteiger partial charge in [0.25, 0.3) is 0 Å². The van der Waals surface area contributed by atoms with Crippen molar-refractivity contribution in [3.63, 3.8) is 0 Å². The van der Waals surface area contributed by atoms with Crippen LogP contribution in [0.3, 0.4) is 0 Å². The van der Waals surface area contributed by atoms with Gasteiger partial charge in [-0.1, -0.05) is 47.6 Å². The summed E-state index contributed by atoms with van der Waals surface area (Å²) in [4.78, 5) is 12.7. The van der Waals surface area contributed by atoms with Crippen molar-refractivity contribution in [2.75, 3.05) is 6.54 Å². The molecule has 4 nitrogen and oxygen atoms in total. The lowest BCUT2D eigenvalue weighted by Gasteiger charge is -2.48. The molecule has 0 aliphatic heterocycles. The Labute approximate surface area is 161 Å². The summed E-state index contributed by atoms with van der Waals surface area (Å²) in [5.74, 6) is 1.78. The molecule has 0 saturated heterocycles. The molecule has 0 aromatic heterocycles. The number of nitrogens with one attached hydrogen (secondary N) is 1. The van der Waals surface area contributed by atoms with E-state index in [1.165, 1.54) is 6.42 Å². The zero-order chi connectivity index (χ0) is 18.5. The van der Waals surface area contributed by atoms with Crippen molar-refractivity contribution in [2.45, 2.75) is 72.8 Å². The Balaban J connectivity index is 0.00000576. The van der Waals surface area contributed by atoms with E-state index < -0.39 is 5.41 Å². The van der Waals surface area contributed by atoms with E-state index in [0.717, 1.165) is 31.4 Å². The van der Waals surface area contributed by atoms with E-state index in [2.05, 4.69) is 46.5 Å². The number of rotatable bonds is 9. The second kappa shape index (κ2) is 10.4. The van der Waals surface area contributed by atoms with Crippen molar-refractivity contribution in [1.82, 2.24) is 5.32 Å². The monoisotopic (exact) mass is 373 g/mol. The molecule has 0 aromatic carbocycles. The van der Waals surface area contributed by atoms with Crippen LogP contribution in [0.15, 0.2) is 12.3 Å². The Morgan fingerprint density at radius 1 is 1.28 bits per heavy atom. The van der Waals surface area contributed by atoms with E-state index in [-0.39, 0.29) is 24.4 Å². The molecule has 0 heterocycles. The number of carbonyl (C=O) groups is 1.